The van der Waals surface area contributed by atoms with E-state index in [1.54, 1.807) is 6.07 Å². The number of pyridine rings is 1. The van der Waals surface area contributed by atoms with Crippen LogP contribution >= 0.6 is 23.2 Å². The predicted octanol–water partition coefficient (Wildman–Crippen LogP) is 3.95. The van der Waals surface area contributed by atoms with E-state index in [0.29, 0.717) is 29.4 Å². The number of carbonyl (C=O) groups excluding carboxylic acids is 1. The molecule has 2 aromatic rings. The number of carbonyl (C=O) groups is 1. The number of hydrogen-bond acceptors (Lipinski definition) is 2. The van der Waals surface area contributed by atoms with Crippen molar-refractivity contribution in [1.29, 1.82) is 0 Å². The maximum atomic E-state index is 11.9. The van der Waals surface area contributed by atoms with Gasteiger partial charge in [0.15, 0.2) is 0 Å². The van der Waals surface area contributed by atoms with Crippen LogP contribution in [0.2, 0.25) is 10.0 Å². The van der Waals surface area contributed by atoms with Crippen LogP contribution < -0.4 is 5.32 Å². The molecule has 1 amide bonds. The van der Waals surface area contributed by atoms with E-state index in [9.17, 15) is 4.79 Å². The zero-order valence-electron chi connectivity index (χ0n) is 11.7. The molecule has 1 heterocycles. The van der Waals surface area contributed by atoms with Crippen LogP contribution in [0.25, 0.3) is 0 Å². The smallest absolute Gasteiger partial charge is 0.220 e. The SMILES string of the molecule is Cc1cccc(CNC(=O)CCc2cccc(Cl)c2Cl)n1. The number of benzene rings is 1. The van der Waals surface area contributed by atoms with Crippen LogP contribution in [0.3, 0.4) is 0 Å². The fraction of sp³-hybridized carbons (Fsp3) is 0.250. The van der Waals surface area contributed by atoms with Crippen LogP contribution in [-0.4, -0.2) is 10.9 Å². The van der Waals surface area contributed by atoms with Gasteiger partial charge >= 0.3 is 0 Å². The van der Waals surface area contributed by atoms with Gasteiger partial charge in [0.1, 0.15) is 0 Å². The van der Waals surface area contributed by atoms with Gasteiger partial charge in [0, 0.05) is 12.1 Å². The van der Waals surface area contributed by atoms with E-state index in [1.807, 2.05) is 37.3 Å². The lowest BCUT2D eigenvalue weighted by Crippen LogP contribution is -2.23. The second kappa shape index (κ2) is 7.43. The number of nitrogens with zero attached hydrogens (tertiary/aromatic N) is 1. The zero-order valence-corrected chi connectivity index (χ0v) is 13.2. The summed E-state index contributed by atoms with van der Waals surface area (Å²) in [5.41, 5.74) is 2.67. The Kier molecular flexibility index (Phi) is 5.59. The van der Waals surface area contributed by atoms with Gasteiger partial charge in [0.2, 0.25) is 5.91 Å². The molecule has 1 N–H and O–H groups in total. The third-order valence-electron chi connectivity index (χ3n) is 3.07. The van der Waals surface area contributed by atoms with Gasteiger partial charge in [-0.15, -0.1) is 0 Å². The minimum absolute atomic E-state index is 0.0330. The van der Waals surface area contributed by atoms with Crippen molar-refractivity contribution in [2.75, 3.05) is 0 Å². The first kappa shape index (κ1) is 15.8. The molecule has 0 radical (unpaired) electrons. The van der Waals surface area contributed by atoms with Gasteiger partial charge in [-0.25, -0.2) is 0 Å². The number of hydrogen-bond donors (Lipinski definition) is 1. The molecule has 0 saturated heterocycles. The average molecular weight is 323 g/mol. The molecule has 0 bridgehead atoms. The largest absolute Gasteiger partial charge is 0.350 e. The topological polar surface area (TPSA) is 42.0 Å². The third-order valence-corrected chi connectivity index (χ3v) is 3.92. The summed E-state index contributed by atoms with van der Waals surface area (Å²) in [5.74, 6) is -0.0330. The van der Waals surface area contributed by atoms with Gasteiger partial charge in [-0.2, -0.15) is 0 Å². The lowest BCUT2D eigenvalue weighted by atomic mass is 10.1. The van der Waals surface area contributed by atoms with Crippen LogP contribution in [0.4, 0.5) is 0 Å². The molecule has 0 fully saturated rings. The fourth-order valence-corrected chi connectivity index (χ4v) is 2.38. The summed E-state index contributed by atoms with van der Waals surface area (Å²) >= 11 is 12.0. The maximum Gasteiger partial charge on any atom is 0.220 e. The van der Waals surface area contributed by atoms with Crippen molar-refractivity contribution in [3.8, 4) is 0 Å². The van der Waals surface area contributed by atoms with Crippen molar-refractivity contribution < 1.29 is 4.79 Å². The third kappa shape index (κ3) is 4.73. The molecule has 0 aliphatic carbocycles. The summed E-state index contributed by atoms with van der Waals surface area (Å²) in [6.45, 7) is 2.36. The Morgan fingerprint density at radius 3 is 2.71 bits per heavy atom. The number of nitrogens with one attached hydrogen (secondary N) is 1. The highest BCUT2D eigenvalue weighted by Crippen LogP contribution is 2.26. The predicted molar refractivity (Wildman–Crippen MR) is 85.6 cm³/mol. The van der Waals surface area contributed by atoms with Gasteiger partial charge < -0.3 is 5.32 Å². The van der Waals surface area contributed by atoms with Crippen molar-refractivity contribution in [2.24, 2.45) is 0 Å². The van der Waals surface area contributed by atoms with E-state index in [1.165, 1.54) is 0 Å². The van der Waals surface area contributed by atoms with Gasteiger partial charge in [-0.1, -0.05) is 41.4 Å². The molecule has 110 valence electrons. The van der Waals surface area contributed by atoms with Crippen molar-refractivity contribution in [3.63, 3.8) is 0 Å². The monoisotopic (exact) mass is 322 g/mol. The fourth-order valence-electron chi connectivity index (χ4n) is 1.97. The molecule has 1 aromatic carbocycles. The maximum absolute atomic E-state index is 11.9. The summed E-state index contributed by atoms with van der Waals surface area (Å²) in [7, 11) is 0. The van der Waals surface area contributed by atoms with E-state index in [4.69, 9.17) is 23.2 Å². The number of aromatic nitrogens is 1. The van der Waals surface area contributed by atoms with Gasteiger partial charge in [-0.3, -0.25) is 9.78 Å². The standard InChI is InChI=1S/C16H16Cl2N2O/c1-11-4-2-6-13(20-11)10-19-15(21)9-8-12-5-3-7-14(17)16(12)18/h2-7H,8-10H2,1H3,(H,19,21). The first-order chi connectivity index (χ1) is 10.1. The van der Waals surface area contributed by atoms with Crippen molar-refractivity contribution in [3.05, 3.63) is 63.4 Å². The van der Waals surface area contributed by atoms with E-state index in [2.05, 4.69) is 10.3 Å². The zero-order chi connectivity index (χ0) is 15.2. The molecular formula is C16H16Cl2N2O. The molecule has 3 nitrogen and oxygen atoms in total. The van der Waals surface area contributed by atoms with E-state index in [0.717, 1.165) is 17.0 Å². The molecule has 0 atom stereocenters. The molecule has 0 aliphatic rings. The van der Waals surface area contributed by atoms with Crippen LogP contribution in [0.5, 0.6) is 0 Å². The molecular weight excluding hydrogens is 307 g/mol. The summed E-state index contributed by atoms with van der Waals surface area (Å²) in [6.07, 6.45) is 0.929. The summed E-state index contributed by atoms with van der Waals surface area (Å²) in [5, 5.41) is 3.89. The Balaban J connectivity index is 1.84. The van der Waals surface area contributed by atoms with Crippen LogP contribution in [0, 0.1) is 6.92 Å². The summed E-state index contributed by atoms with van der Waals surface area (Å²) in [4.78, 5) is 16.2. The number of halogens is 2. The molecule has 21 heavy (non-hydrogen) atoms. The summed E-state index contributed by atoms with van der Waals surface area (Å²) in [6, 6.07) is 11.2. The van der Waals surface area contributed by atoms with Crippen molar-refractivity contribution >= 4 is 29.1 Å². The molecule has 0 spiro atoms. The number of amides is 1. The van der Waals surface area contributed by atoms with E-state index < -0.39 is 0 Å². The second-order valence-electron chi connectivity index (χ2n) is 4.76. The number of rotatable bonds is 5. The highest BCUT2D eigenvalue weighted by Gasteiger charge is 2.07. The first-order valence-electron chi connectivity index (χ1n) is 6.68. The Bertz CT molecular complexity index is 644. The van der Waals surface area contributed by atoms with Crippen LogP contribution in [-0.2, 0) is 17.8 Å². The van der Waals surface area contributed by atoms with E-state index >= 15 is 0 Å². The molecule has 0 aliphatic heterocycles. The minimum Gasteiger partial charge on any atom is -0.350 e. The second-order valence-corrected chi connectivity index (χ2v) is 5.55. The highest BCUT2D eigenvalue weighted by atomic mass is 35.5. The lowest BCUT2D eigenvalue weighted by molar-refractivity contribution is -0.121. The van der Waals surface area contributed by atoms with Crippen LogP contribution in [0.15, 0.2) is 36.4 Å². The normalized spacial score (nSPS) is 10.4. The quantitative estimate of drug-likeness (QED) is 0.905. The Morgan fingerprint density at radius 1 is 1.19 bits per heavy atom. The number of aryl methyl sites for hydroxylation is 2. The molecule has 0 saturated carbocycles. The van der Waals surface area contributed by atoms with Crippen molar-refractivity contribution in [1.82, 2.24) is 10.3 Å². The Morgan fingerprint density at radius 2 is 1.95 bits per heavy atom. The summed E-state index contributed by atoms with van der Waals surface area (Å²) < 4.78 is 0. The van der Waals surface area contributed by atoms with Gasteiger partial charge in [0.05, 0.1) is 22.3 Å². The molecule has 5 heteroatoms. The van der Waals surface area contributed by atoms with Crippen LogP contribution in [0.1, 0.15) is 23.4 Å². The van der Waals surface area contributed by atoms with Gasteiger partial charge in [-0.05, 0) is 37.1 Å². The average Bonchev–Trinajstić information content (AvgIpc) is 2.47. The van der Waals surface area contributed by atoms with E-state index in [-0.39, 0.29) is 5.91 Å². The van der Waals surface area contributed by atoms with Crippen molar-refractivity contribution in [2.45, 2.75) is 26.3 Å². The molecule has 2 rings (SSSR count). The first-order valence-corrected chi connectivity index (χ1v) is 7.44. The minimum atomic E-state index is -0.0330. The molecule has 0 unspecified atom stereocenters. The van der Waals surface area contributed by atoms with Gasteiger partial charge in [0.25, 0.3) is 0 Å². The Hall–Kier alpha value is -1.58. The highest BCUT2D eigenvalue weighted by molar-refractivity contribution is 6.42. The Labute approximate surface area is 134 Å². The lowest BCUT2D eigenvalue weighted by Gasteiger charge is -2.07. The molecule has 1 aromatic heterocycles.